The van der Waals surface area contributed by atoms with Gasteiger partial charge in [-0.3, -0.25) is 0 Å². The van der Waals surface area contributed by atoms with E-state index >= 15 is 0 Å². The van der Waals surface area contributed by atoms with Gasteiger partial charge in [0.2, 0.25) is 0 Å². The third-order valence-electron chi connectivity index (χ3n) is 7.43. The van der Waals surface area contributed by atoms with Crippen LogP contribution in [0.5, 0.6) is 0 Å². The first-order valence-electron chi connectivity index (χ1n) is 12.6. The zero-order valence-corrected chi connectivity index (χ0v) is 24.2. The molecule has 0 saturated carbocycles. The predicted molar refractivity (Wildman–Crippen MR) is 169 cm³/mol. The van der Waals surface area contributed by atoms with Gasteiger partial charge in [-0.1, -0.05) is 46.4 Å². The molecule has 7 aromatic rings. The summed E-state index contributed by atoms with van der Waals surface area (Å²) in [7, 11) is 0. The molecule has 42 heavy (non-hydrogen) atoms. The van der Waals surface area contributed by atoms with Crippen molar-refractivity contribution in [2.45, 2.75) is 0 Å². The van der Waals surface area contributed by atoms with E-state index in [9.17, 15) is 19.8 Å². The smallest absolute Gasteiger partial charge is 0.337 e. The summed E-state index contributed by atoms with van der Waals surface area (Å²) in [6.07, 6.45) is 0. The average molecular weight is 634 g/mol. The Kier molecular flexibility index (Phi) is 6.15. The van der Waals surface area contributed by atoms with Crippen LogP contribution in [0.2, 0.25) is 20.1 Å². The normalized spacial score (nSPS) is 11.7. The Morgan fingerprint density at radius 3 is 1.00 bits per heavy atom. The Hall–Kier alpha value is -4.20. The molecule has 5 aromatic carbocycles. The van der Waals surface area contributed by atoms with Crippen molar-refractivity contribution in [3.05, 3.63) is 116 Å². The number of nitrogens with zero attached hydrogens (tertiary/aromatic N) is 2. The van der Waals surface area contributed by atoms with Crippen LogP contribution < -0.4 is 0 Å². The second-order valence-electron chi connectivity index (χ2n) is 9.81. The second-order valence-corrected chi connectivity index (χ2v) is 11.6. The highest BCUT2D eigenvalue weighted by Gasteiger charge is 2.26. The van der Waals surface area contributed by atoms with Gasteiger partial charge in [-0.25, -0.2) is 9.59 Å². The highest BCUT2D eigenvalue weighted by Crippen LogP contribution is 2.40. The molecule has 0 saturated heterocycles. The van der Waals surface area contributed by atoms with Gasteiger partial charge in [-0.2, -0.15) is 0 Å². The quantitative estimate of drug-likeness (QED) is 0.202. The van der Waals surface area contributed by atoms with Crippen molar-refractivity contribution in [2.24, 2.45) is 0 Å². The van der Waals surface area contributed by atoms with E-state index in [1.807, 2.05) is 0 Å². The molecule has 0 bridgehead atoms. The number of aromatic carboxylic acids is 2. The van der Waals surface area contributed by atoms with Crippen LogP contribution in [0.1, 0.15) is 20.7 Å². The molecule has 7 rings (SSSR count). The molecule has 6 nitrogen and oxygen atoms in total. The van der Waals surface area contributed by atoms with Crippen LogP contribution in [0.15, 0.2) is 84.9 Å². The molecule has 0 spiro atoms. The lowest BCUT2D eigenvalue weighted by Crippen LogP contribution is -2.13. The first-order valence-corrected chi connectivity index (χ1v) is 14.1. The fourth-order valence-electron chi connectivity index (χ4n) is 5.74. The topological polar surface area (TPSA) is 84.5 Å². The van der Waals surface area contributed by atoms with Gasteiger partial charge in [0, 0.05) is 41.6 Å². The van der Waals surface area contributed by atoms with E-state index in [1.54, 1.807) is 88.0 Å². The molecule has 0 atom stereocenters. The largest absolute Gasteiger partial charge is 0.478 e. The van der Waals surface area contributed by atoms with Crippen molar-refractivity contribution < 1.29 is 19.8 Å². The van der Waals surface area contributed by atoms with Crippen molar-refractivity contribution in [3.8, 4) is 11.4 Å². The van der Waals surface area contributed by atoms with Gasteiger partial charge in [0.05, 0.1) is 44.6 Å². The molecule has 0 radical (unpaired) electrons. The molecule has 2 N–H and O–H groups in total. The first-order chi connectivity index (χ1) is 20.1. The standard InChI is InChI=1S/C32H16Cl4N2O4/c33-15-1-5-25-19(9-15)20-10-16(34)2-6-26(20)37(25)29-14-30(24(32(41)42)13-23(29)31(39)40)38-27-7-3-17(35)11-21(27)22-12-18(36)4-8-28(22)38/h1-14H,(H,39,40)(H,41,42). The zero-order valence-electron chi connectivity index (χ0n) is 21.2. The van der Waals surface area contributed by atoms with Crippen molar-refractivity contribution in [1.29, 1.82) is 0 Å². The number of carboxylic acids is 2. The van der Waals surface area contributed by atoms with Crippen LogP contribution in [0, 0.1) is 0 Å². The van der Waals surface area contributed by atoms with E-state index in [1.165, 1.54) is 6.07 Å². The Balaban J connectivity index is 1.67. The average Bonchev–Trinajstić information content (AvgIpc) is 3.43. The summed E-state index contributed by atoms with van der Waals surface area (Å²) in [6, 6.07) is 24.0. The van der Waals surface area contributed by atoms with Crippen molar-refractivity contribution in [1.82, 2.24) is 9.13 Å². The summed E-state index contributed by atoms with van der Waals surface area (Å²) < 4.78 is 3.58. The molecule has 10 heteroatoms. The zero-order chi connectivity index (χ0) is 29.4. The number of rotatable bonds is 4. The van der Waals surface area contributed by atoms with Crippen LogP contribution in [0.25, 0.3) is 55.0 Å². The summed E-state index contributed by atoms with van der Waals surface area (Å²) in [5.41, 5.74) is 2.86. The van der Waals surface area contributed by atoms with Crippen molar-refractivity contribution in [2.75, 3.05) is 0 Å². The van der Waals surface area contributed by atoms with E-state index in [0.717, 1.165) is 21.5 Å². The highest BCUT2D eigenvalue weighted by molar-refractivity contribution is 6.34. The Bertz CT molecular complexity index is 2040. The number of carboxylic acid groups (broad SMARTS) is 2. The van der Waals surface area contributed by atoms with Crippen LogP contribution in [0.3, 0.4) is 0 Å². The van der Waals surface area contributed by atoms with E-state index < -0.39 is 11.9 Å². The molecule has 206 valence electrons. The van der Waals surface area contributed by atoms with Gasteiger partial charge in [0.25, 0.3) is 0 Å². The van der Waals surface area contributed by atoms with Gasteiger partial charge >= 0.3 is 11.9 Å². The van der Waals surface area contributed by atoms with E-state index in [4.69, 9.17) is 46.4 Å². The van der Waals surface area contributed by atoms with Crippen molar-refractivity contribution in [3.63, 3.8) is 0 Å². The molecular weight excluding hydrogens is 618 g/mol. The summed E-state index contributed by atoms with van der Waals surface area (Å²) in [5.74, 6) is -2.56. The lowest BCUT2D eigenvalue weighted by atomic mass is 10.0. The van der Waals surface area contributed by atoms with Gasteiger partial charge in [-0.15, -0.1) is 0 Å². The van der Waals surface area contributed by atoms with Crippen LogP contribution in [-0.2, 0) is 0 Å². The summed E-state index contributed by atoms with van der Waals surface area (Å²) >= 11 is 25.4. The minimum Gasteiger partial charge on any atom is -0.478 e. The Morgan fingerprint density at radius 2 is 0.738 bits per heavy atom. The van der Waals surface area contributed by atoms with Crippen molar-refractivity contribution >= 4 is 102 Å². The predicted octanol–water partition coefficient (Wildman–Crippen LogP) is 9.89. The molecule has 0 unspecified atom stereocenters. The van der Waals surface area contributed by atoms with Crippen LogP contribution >= 0.6 is 46.4 Å². The highest BCUT2D eigenvalue weighted by atomic mass is 35.5. The number of fused-ring (bicyclic) bond motifs is 6. The Morgan fingerprint density at radius 1 is 0.452 bits per heavy atom. The maximum Gasteiger partial charge on any atom is 0.337 e. The number of hydrogen-bond donors (Lipinski definition) is 2. The van der Waals surface area contributed by atoms with Gasteiger partial charge in [-0.05, 0) is 84.9 Å². The van der Waals surface area contributed by atoms with Gasteiger partial charge < -0.3 is 19.3 Å². The fraction of sp³-hybridized carbons (Fsp3) is 0. The lowest BCUT2D eigenvalue weighted by Gasteiger charge is -2.18. The maximum atomic E-state index is 12.7. The molecule has 2 aromatic heterocycles. The van der Waals surface area contributed by atoms with Crippen LogP contribution in [-0.4, -0.2) is 31.3 Å². The molecule has 0 fully saturated rings. The second kappa shape index (κ2) is 9.68. The number of carbonyl (C=O) groups is 2. The number of hydrogen-bond acceptors (Lipinski definition) is 2. The lowest BCUT2D eigenvalue weighted by molar-refractivity contribution is 0.0696. The molecule has 0 aliphatic rings. The maximum absolute atomic E-state index is 12.7. The summed E-state index contributed by atoms with van der Waals surface area (Å²) in [4.78, 5) is 25.4. The number of benzene rings is 5. The number of halogens is 4. The first kappa shape index (κ1) is 26.7. The number of aromatic nitrogens is 2. The minimum absolute atomic E-state index is 0.188. The minimum atomic E-state index is -1.28. The van der Waals surface area contributed by atoms with Gasteiger partial charge in [0.1, 0.15) is 0 Å². The third kappa shape index (κ3) is 4.02. The Labute approximate surface area is 257 Å². The SMILES string of the molecule is O=C(O)c1cc(C(=O)O)c(-n2c3ccc(Cl)cc3c3cc(Cl)ccc32)cc1-n1c2ccc(Cl)cc2c2cc(Cl)ccc21. The molecule has 2 heterocycles. The van der Waals surface area contributed by atoms with E-state index in [0.29, 0.717) is 42.2 Å². The third-order valence-corrected chi connectivity index (χ3v) is 8.38. The monoisotopic (exact) mass is 632 g/mol. The van der Waals surface area contributed by atoms with E-state index in [2.05, 4.69) is 0 Å². The molecule has 0 amide bonds. The fourth-order valence-corrected chi connectivity index (χ4v) is 6.43. The van der Waals surface area contributed by atoms with Crippen LogP contribution in [0.4, 0.5) is 0 Å². The van der Waals surface area contributed by atoms with Gasteiger partial charge in [0.15, 0.2) is 0 Å². The van der Waals surface area contributed by atoms with E-state index in [-0.39, 0.29) is 22.5 Å². The summed E-state index contributed by atoms with van der Waals surface area (Å²) in [6.45, 7) is 0. The molecule has 0 aliphatic carbocycles. The molecular formula is C32H16Cl4N2O4. The summed E-state index contributed by atoms with van der Waals surface area (Å²) in [5, 5.41) is 25.8. The molecule has 0 aliphatic heterocycles.